The van der Waals surface area contributed by atoms with E-state index in [0.717, 1.165) is 12.1 Å². The maximum atomic E-state index is 14.5. The summed E-state index contributed by atoms with van der Waals surface area (Å²) in [6.07, 6.45) is 1.47. The second kappa shape index (κ2) is 6.44. The molecular formula is C17H8F2N6O3. The van der Waals surface area contributed by atoms with Gasteiger partial charge in [-0.15, -0.1) is 5.10 Å². The van der Waals surface area contributed by atoms with Crippen LogP contribution in [0.3, 0.4) is 0 Å². The van der Waals surface area contributed by atoms with Crippen LogP contribution in [0.15, 0.2) is 46.2 Å². The minimum absolute atomic E-state index is 0.161. The summed E-state index contributed by atoms with van der Waals surface area (Å²) in [5.41, 5.74) is -1.75. The van der Waals surface area contributed by atoms with Crippen LogP contribution in [0.4, 0.5) is 8.78 Å². The molecule has 2 aromatic carbocycles. The summed E-state index contributed by atoms with van der Waals surface area (Å²) < 4.78 is 34.7. The Morgan fingerprint density at radius 1 is 1.14 bits per heavy atom. The van der Waals surface area contributed by atoms with E-state index in [1.807, 2.05) is 4.98 Å². The number of benzene rings is 2. The first-order chi connectivity index (χ1) is 13.5. The average molecular weight is 382 g/mol. The molecule has 2 aromatic heterocycles. The molecule has 0 amide bonds. The Morgan fingerprint density at radius 2 is 1.89 bits per heavy atom. The summed E-state index contributed by atoms with van der Waals surface area (Å²) in [6, 6.07) is 7.68. The number of ether oxygens (including phenoxy) is 1. The third-order valence-corrected chi connectivity index (χ3v) is 3.77. The molecule has 0 aliphatic carbocycles. The number of hydrogen-bond donors (Lipinski definition) is 2. The van der Waals surface area contributed by atoms with E-state index in [9.17, 15) is 18.4 Å². The van der Waals surface area contributed by atoms with E-state index < -0.39 is 34.3 Å². The van der Waals surface area contributed by atoms with Crippen molar-refractivity contribution in [3.63, 3.8) is 0 Å². The van der Waals surface area contributed by atoms with Crippen LogP contribution in [0.5, 0.6) is 11.5 Å². The zero-order valence-electron chi connectivity index (χ0n) is 13.7. The maximum absolute atomic E-state index is 14.5. The molecule has 0 spiro atoms. The lowest BCUT2D eigenvalue weighted by atomic mass is 10.2. The van der Waals surface area contributed by atoms with Gasteiger partial charge in [0.25, 0.3) is 5.56 Å². The van der Waals surface area contributed by atoms with E-state index in [-0.39, 0.29) is 11.4 Å². The van der Waals surface area contributed by atoms with Gasteiger partial charge in [0.2, 0.25) is 5.69 Å². The molecule has 2 heterocycles. The van der Waals surface area contributed by atoms with Crippen molar-refractivity contribution in [2.24, 2.45) is 0 Å². The third-order valence-electron chi connectivity index (χ3n) is 3.77. The summed E-state index contributed by atoms with van der Waals surface area (Å²) >= 11 is 0. The molecule has 0 fully saturated rings. The van der Waals surface area contributed by atoms with Crippen LogP contribution in [0, 0.1) is 23.0 Å². The number of nitrogens with zero attached hydrogens (tertiary/aromatic N) is 4. The molecular weight excluding hydrogens is 374 g/mol. The van der Waals surface area contributed by atoms with E-state index in [1.165, 1.54) is 24.5 Å². The van der Waals surface area contributed by atoms with Gasteiger partial charge in [-0.05, 0) is 12.1 Å². The number of nitriles is 1. The lowest BCUT2D eigenvalue weighted by molar-refractivity contribution is 0.407. The van der Waals surface area contributed by atoms with Crippen molar-refractivity contribution in [1.82, 2.24) is 24.7 Å². The van der Waals surface area contributed by atoms with Gasteiger partial charge < -0.3 is 9.72 Å². The molecule has 9 nitrogen and oxygen atoms in total. The maximum Gasteiger partial charge on any atom is 0.349 e. The summed E-state index contributed by atoms with van der Waals surface area (Å²) in [6.45, 7) is 0. The van der Waals surface area contributed by atoms with Crippen LogP contribution < -0.4 is 16.0 Å². The summed E-state index contributed by atoms with van der Waals surface area (Å²) in [4.78, 5) is 32.0. The SMILES string of the molecule is N#Cc1nn(-c2cc(F)c(Oc3ccc4nc[nH]c4c3)c(F)c2)c(=O)[nH]c1=O. The van der Waals surface area contributed by atoms with Crippen LogP contribution in [0.1, 0.15) is 5.69 Å². The number of aromatic nitrogens is 5. The fourth-order valence-corrected chi connectivity index (χ4v) is 2.51. The monoisotopic (exact) mass is 382 g/mol. The van der Waals surface area contributed by atoms with Gasteiger partial charge in [-0.1, -0.05) is 0 Å². The number of imidazole rings is 1. The number of aromatic amines is 2. The molecule has 4 rings (SSSR count). The molecule has 138 valence electrons. The van der Waals surface area contributed by atoms with Crippen molar-refractivity contribution in [2.75, 3.05) is 0 Å². The van der Waals surface area contributed by atoms with Crippen molar-refractivity contribution >= 4 is 11.0 Å². The van der Waals surface area contributed by atoms with Crippen LogP contribution in [0.2, 0.25) is 0 Å². The standard InChI is InChI=1S/C17H8F2N6O3/c18-10-3-8(25-17(27)23-16(26)14(6-20)24-25)4-11(19)15(10)28-9-1-2-12-13(5-9)22-7-21-12/h1-5,7H,(H,21,22)(H,23,26,27). The molecule has 11 heteroatoms. The first kappa shape index (κ1) is 17.1. The Kier molecular flexibility index (Phi) is 3.93. The van der Waals surface area contributed by atoms with Crippen molar-refractivity contribution in [3.8, 4) is 23.3 Å². The number of rotatable bonds is 3. The molecule has 0 saturated carbocycles. The van der Waals surface area contributed by atoms with Gasteiger partial charge >= 0.3 is 5.69 Å². The number of halogens is 2. The number of hydrogen-bond acceptors (Lipinski definition) is 6. The van der Waals surface area contributed by atoms with Crippen molar-refractivity contribution < 1.29 is 13.5 Å². The van der Waals surface area contributed by atoms with Crippen molar-refractivity contribution in [2.45, 2.75) is 0 Å². The van der Waals surface area contributed by atoms with Crippen LogP contribution in [-0.2, 0) is 0 Å². The van der Waals surface area contributed by atoms with Gasteiger partial charge in [0.1, 0.15) is 11.8 Å². The summed E-state index contributed by atoms with van der Waals surface area (Å²) in [5, 5.41) is 12.3. The average Bonchev–Trinajstić information content (AvgIpc) is 3.12. The molecule has 2 N–H and O–H groups in total. The fraction of sp³-hybridized carbons (Fsp3) is 0. The predicted octanol–water partition coefficient (Wildman–Crippen LogP) is 1.74. The van der Waals surface area contributed by atoms with E-state index in [2.05, 4.69) is 15.1 Å². The molecule has 0 atom stereocenters. The second-order valence-electron chi connectivity index (χ2n) is 5.55. The Bertz CT molecular complexity index is 1360. The smallest absolute Gasteiger partial charge is 0.349 e. The lowest BCUT2D eigenvalue weighted by Gasteiger charge is -2.10. The predicted molar refractivity (Wildman–Crippen MR) is 91.3 cm³/mol. The van der Waals surface area contributed by atoms with Crippen LogP contribution >= 0.6 is 0 Å². The van der Waals surface area contributed by atoms with Gasteiger partial charge in [-0.25, -0.2) is 18.6 Å². The topological polar surface area (TPSA) is 129 Å². The van der Waals surface area contributed by atoms with Crippen LogP contribution in [-0.4, -0.2) is 24.7 Å². The second-order valence-corrected chi connectivity index (χ2v) is 5.55. The third kappa shape index (κ3) is 2.88. The van der Waals surface area contributed by atoms with Crippen LogP contribution in [0.25, 0.3) is 16.7 Å². The Balaban J connectivity index is 1.76. The van der Waals surface area contributed by atoms with E-state index in [1.54, 1.807) is 6.07 Å². The van der Waals surface area contributed by atoms with Gasteiger partial charge in [0.05, 0.1) is 23.0 Å². The molecule has 0 unspecified atom stereocenters. The van der Waals surface area contributed by atoms with Gasteiger partial charge in [0, 0.05) is 18.2 Å². The lowest BCUT2D eigenvalue weighted by Crippen LogP contribution is -2.33. The first-order valence-electron chi connectivity index (χ1n) is 7.70. The summed E-state index contributed by atoms with van der Waals surface area (Å²) in [5.74, 6) is -2.76. The van der Waals surface area contributed by atoms with E-state index >= 15 is 0 Å². The molecule has 0 aliphatic rings. The van der Waals surface area contributed by atoms with Gasteiger partial charge in [0.15, 0.2) is 17.4 Å². The highest BCUT2D eigenvalue weighted by Crippen LogP contribution is 2.30. The molecule has 28 heavy (non-hydrogen) atoms. The minimum atomic E-state index is -1.11. The zero-order chi connectivity index (χ0) is 19.8. The molecule has 4 aromatic rings. The summed E-state index contributed by atoms with van der Waals surface area (Å²) in [7, 11) is 0. The van der Waals surface area contributed by atoms with Crippen molar-refractivity contribution in [3.05, 3.63) is 74.8 Å². The largest absolute Gasteiger partial charge is 0.451 e. The van der Waals surface area contributed by atoms with E-state index in [0.29, 0.717) is 15.7 Å². The highest BCUT2D eigenvalue weighted by Gasteiger charge is 2.17. The highest BCUT2D eigenvalue weighted by molar-refractivity contribution is 5.76. The van der Waals surface area contributed by atoms with Gasteiger partial charge in [-0.2, -0.15) is 9.94 Å². The Morgan fingerprint density at radius 3 is 2.61 bits per heavy atom. The normalized spacial score (nSPS) is 10.8. The van der Waals surface area contributed by atoms with Gasteiger partial charge in [-0.3, -0.25) is 9.78 Å². The number of nitrogens with one attached hydrogen (secondary N) is 2. The van der Waals surface area contributed by atoms with E-state index in [4.69, 9.17) is 10.00 Å². The number of H-pyrrole nitrogens is 2. The highest BCUT2D eigenvalue weighted by atomic mass is 19.1. The Hall–Kier alpha value is -4.33. The zero-order valence-corrected chi connectivity index (χ0v) is 13.7. The fourth-order valence-electron chi connectivity index (χ4n) is 2.51. The molecule has 0 radical (unpaired) electrons. The Labute approximate surface area is 153 Å². The first-order valence-corrected chi connectivity index (χ1v) is 7.70. The number of fused-ring (bicyclic) bond motifs is 1. The minimum Gasteiger partial charge on any atom is -0.451 e. The quantitative estimate of drug-likeness (QED) is 0.555. The van der Waals surface area contributed by atoms with Crippen molar-refractivity contribution in [1.29, 1.82) is 5.26 Å². The molecule has 0 aliphatic heterocycles. The molecule has 0 bridgehead atoms. The molecule has 0 saturated heterocycles.